The molecule has 5 heteroatoms. The standard InChI is InChI=1S/C18H21FN2O2/c1-3-13-4-5-14(12-15(13)19)16-6-7-17(23-16)18(22)21-10-8-20(2)9-11-21/h4-7,12H,3,8-11H2,1-2H3. The zero-order valence-corrected chi connectivity index (χ0v) is 13.5. The molecule has 0 N–H and O–H groups in total. The molecule has 0 bridgehead atoms. The first-order valence-corrected chi connectivity index (χ1v) is 7.95. The summed E-state index contributed by atoms with van der Waals surface area (Å²) in [6, 6.07) is 8.44. The maximum atomic E-state index is 13.9. The van der Waals surface area contributed by atoms with E-state index in [2.05, 4.69) is 4.90 Å². The second-order valence-corrected chi connectivity index (χ2v) is 5.92. The van der Waals surface area contributed by atoms with Gasteiger partial charge in [0.2, 0.25) is 0 Å². The molecule has 2 heterocycles. The number of hydrogen-bond donors (Lipinski definition) is 0. The van der Waals surface area contributed by atoms with E-state index in [1.165, 1.54) is 6.07 Å². The number of furan rings is 1. The van der Waals surface area contributed by atoms with Gasteiger partial charge in [-0.2, -0.15) is 0 Å². The minimum Gasteiger partial charge on any atom is -0.451 e. The summed E-state index contributed by atoms with van der Waals surface area (Å²) >= 11 is 0. The van der Waals surface area contributed by atoms with Crippen LogP contribution in [0.5, 0.6) is 0 Å². The number of benzene rings is 1. The van der Waals surface area contributed by atoms with E-state index in [1.807, 2.05) is 20.0 Å². The summed E-state index contributed by atoms with van der Waals surface area (Å²) in [5, 5.41) is 0. The van der Waals surface area contributed by atoms with E-state index in [0.29, 0.717) is 42.2 Å². The Morgan fingerprint density at radius 1 is 1.17 bits per heavy atom. The summed E-state index contributed by atoms with van der Waals surface area (Å²) in [6.07, 6.45) is 0.650. The van der Waals surface area contributed by atoms with E-state index >= 15 is 0 Å². The van der Waals surface area contributed by atoms with Crippen LogP contribution < -0.4 is 0 Å². The Kier molecular flexibility index (Phi) is 4.48. The molecule has 0 aliphatic carbocycles. The van der Waals surface area contributed by atoms with Crippen molar-refractivity contribution in [1.82, 2.24) is 9.80 Å². The van der Waals surface area contributed by atoms with Crippen LogP contribution in [0.4, 0.5) is 4.39 Å². The van der Waals surface area contributed by atoms with Gasteiger partial charge in [-0.25, -0.2) is 4.39 Å². The first-order valence-electron chi connectivity index (χ1n) is 7.95. The lowest BCUT2D eigenvalue weighted by Crippen LogP contribution is -2.47. The second-order valence-electron chi connectivity index (χ2n) is 5.92. The van der Waals surface area contributed by atoms with Crippen LogP contribution in [0, 0.1) is 5.82 Å². The van der Waals surface area contributed by atoms with Gasteiger partial charge >= 0.3 is 0 Å². The third-order valence-corrected chi connectivity index (χ3v) is 4.33. The molecule has 0 radical (unpaired) electrons. The molecule has 0 atom stereocenters. The van der Waals surface area contributed by atoms with Gasteiger partial charge in [0.15, 0.2) is 5.76 Å². The molecular formula is C18H21FN2O2. The van der Waals surface area contributed by atoms with Crippen LogP contribution in [0.1, 0.15) is 23.0 Å². The lowest BCUT2D eigenvalue weighted by atomic mass is 10.1. The fraction of sp³-hybridized carbons (Fsp3) is 0.389. The molecule has 1 aromatic heterocycles. The second kappa shape index (κ2) is 6.54. The Bertz CT molecular complexity index is 703. The van der Waals surface area contributed by atoms with E-state index in [1.54, 1.807) is 23.1 Å². The minimum atomic E-state index is -0.242. The molecule has 0 unspecified atom stereocenters. The normalized spacial score (nSPS) is 15.9. The number of hydrogen-bond acceptors (Lipinski definition) is 3. The Morgan fingerprint density at radius 3 is 2.57 bits per heavy atom. The van der Waals surface area contributed by atoms with E-state index in [0.717, 1.165) is 13.1 Å². The molecule has 0 saturated carbocycles. The molecule has 2 aromatic rings. The first kappa shape index (κ1) is 15.7. The van der Waals surface area contributed by atoms with E-state index in [4.69, 9.17) is 4.42 Å². The van der Waals surface area contributed by atoms with Crippen LogP contribution in [0.25, 0.3) is 11.3 Å². The Balaban J connectivity index is 1.77. The summed E-state index contributed by atoms with van der Waals surface area (Å²) in [5.74, 6) is 0.483. The number of amides is 1. The van der Waals surface area contributed by atoms with Crippen molar-refractivity contribution in [3.05, 3.63) is 47.5 Å². The lowest BCUT2D eigenvalue weighted by Gasteiger charge is -2.31. The highest BCUT2D eigenvalue weighted by atomic mass is 19.1. The Morgan fingerprint density at radius 2 is 1.91 bits per heavy atom. The molecule has 1 saturated heterocycles. The van der Waals surface area contributed by atoms with Crippen molar-refractivity contribution in [2.75, 3.05) is 33.2 Å². The molecule has 4 nitrogen and oxygen atoms in total. The average Bonchev–Trinajstić information content (AvgIpc) is 3.05. The van der Waals surface area contributed by atoms with Crippen molar-refractivity contribution >= 4 is 5.91 Å². The number of halogens is 1. The summed E-state index contributed by atoms with van der Waals surface area (Å²) in [5.41, 5.74) is 1.33. The van der Waals surface area contributed by atoms with Crippen molar-refractivity contribution in [1.29, 1.82) is 0 Å². The van der Waals surface area contributed by atoms with Gasteiger partial charge in [0.05, 0.1) is 0 Å². The van der Waals surface area contributed by atoms with Crippen molar-refractivity contribution in [2.45, 2.75) is 13.3 Å². The van der Waals surface area contributed by atoms with Crippen molar-refractivity contribution in [3.63, 3.8) is 0 Å². The molecule has 23 heavy (non-hydrogen) atoms. The Labute approximate surface area is 135 Å². The molecule has 1 fully saturated rings. The predicted octanol–water partition coefficient (Wildman–Crippen LogP) is 3.04. The molecule has 1 aromatic carbocycles. The third kappa shape index (κ3) is 3.29. The predicted molar refractivity (Wildman–Crippen MR) is 86.9 cm³/mol. The molecular weight excluding hydrogens is 295 g/mol. The van der Waals surface area contributed by atoms with Crippen LogP contribution in [-0.4, -0.2) is 48.9 Å². The minimum absolute atomic E-state index is 0.102. The van der Waals surface area contributed by atoms with E-state index < -0.39 is 0 Å². The topological polar surface area (TPSA) is 36.7 Å². The molecule has 1 aliphatic rings. The van der Waals surface area contributed by atoms with Crippen LogP contribution >= 0.6 is 0 Å². The van der Waals surface area contributed by atoms with Gasteiger partial charge in [-0.05, 0) is 37.2 Å². The quantitative estimate of drug-likeness (QED) is 0.873. The maximum absolute atomic E-state index is 13.9. The molecule has 3 rings (SSSR count). The molecule has 0 spiro atoms. The van der Waals surface area contributed by atoms with Gasteiger partial charge < -0.3 is 14.2 Å². The van der Waals surface area contributed by atoms with Crippen molar-refractivity contribution in [2.24, 2.45) is 0 Å². The van der Waals surface area contributed by atoms with Crippen LogP contribution in [0.3, 0.4) is 0 Å². The SMILES string of the molecule is CCc1ccc(-c2ccc(C(=O)N3CCN(C)CC3)o2)cc1F. The summed E-state index contributed by atoms with van der Waals surface area (Å²) in [4.78, 5) is 16.4. The van der Waals surface area contributed by atoms with E-state index in [9.17, 15) is 9.18 Å². The third-order valence-electron chi connectivity index (χ3n) is 4.33. The molecule has 1 aliphatic heterocycles. The van der Waals surface area contributed by atoms with Gasteiger partial charge in [0.1, 0.15) is 11.6 Å². The van der Waals surface area contributed by atoms with Gasteiger partial charge in [-0.3, -0.25) is 4.79 Å². The molecule has 122 valence electrons. The first-order chi connectivity index (χ1) is 11.1. The van der Waals surface area contributed by atoms with Crippen LogP contribution in [-0.2, 0) is 6.42 Å². The molecule has 1 amide bonds. The highest BCUT2D eigenvalue weighted by molar-refractivity contribution is 5.92. The number of rotatable bonds is 3. The van der Waals surface area contributed by atoms with Gasteiger partial charge in [-0.15, -0.1) is 0 Å². The van der Waals surface area contributed by atoms with Gasteiger partial charge in [0, 0.05) is 31.7 Å². The van der Waals surface area contributed by atoms with E-state index in [-0.39, 0.29) is 11.7 Å². The summed E-state index contributed by atoms with van der Waals surface area (Å²) in [6.45, 7) is 5.04. The zero-order valence-electron chi connectivity index (χ0n) is 13.5. The fourth-order valence-corrected chi connectivity index (χ4v) is 2.76. The maximum Gasteiger partial charge on any atom is 0.289 e. The number of nitrogens with zero attached hydrogens (tertiary/aromatic N) is 2. The lowest BCUT2D eigenvalue weighted by molar-refractivity contribution is 0.0633. The largest absolute Gasteiger partial charge is 0.451 e. The van der Waals surface area contributed by atoms with Gasteiger partial charge in [-0.1, -0.05) is 19.1 Å². The number of aryl methyl sites for hydroxylation is 1. The number of carbonyl (C=O) groups excluding carboxylic acids is 1. The van der Waals surface area contributed by atoms with Crippen LogP contribution in [0.2, 0.25) is 0 Å². The van der Waals surface area contributed by atoms with Gasteiger partial charge in [0.25, 0.3) is 5.91 Å². The Hall–Kier alpha value is -2.14. The van der Waals surface area contributed by atoms with Crippen molar-refractivity contribution in [3.8, 4) is 11.3 Å². The average molecular weight is 316 g/mol. The van der Waals surface area contributed by atoms with Crippen molar-refractivity contribution < 1.29 is 13.6 Å². The number of piperazine rings is 1. The zero-order chi connectivity index (χ0) is 16.4. The fourth-order valence-electron chi connectivity index (χ4n) is 2.76. The number of likely N-dealkylation sites (N-methyl/N-ethyl adjacent to an activating group) is 1. The number of carbonyl (C=O) groups is 1. The smallest absolute Gasteiger partial charge is 0.289 e. The monoisotopic (exact) mass is 316 g/mol. The van der Waals surface area contributed by atoms with Crippen LogP contribution in [0.15, 0.2) is 34.7 Å². The summed E-state index contributed by atoms with van der Waals surface area (Å²) in [7, 11) is 2.04. The summed E-state index contributed by atoms with van der Waals surface area (Å²) < 4.78 is 19.6. The highest BCUT2D eigenvalue weighted by Crippen LogP contribution is 2.25. The highest BCUT2D eigenvalue weighted by Gasteiger charge is 2.23.